The van der Waals surface area contributed by atoms with Gasteiger partial charge in [0.25, 0.3) is 0 Å². The molecule has 0 aliphatic carbocycles. The Bertz CT molecular complexity index is 423. The Hall–Kier alpha value is -1.22. The Morgan fingerprint density at radius 2 is 2.00 bits per heavy atom. The highest BCUT2D eigenvalue weighted by Gasteiger charge is 2.25. The number of piperidine rings is 1. The van der Waals surface area contributed by atoms with Gasteiger partial charge in [0.1, 0.15) is 0 Å². The topological polar surface area (TPSA) is 30.5 Å². The van der Waals surface area contributed by atoms with Gasteiger partial charge in [0, 0.05) is 18.0 Å². The van der Waals surface area contributed by atoms with Crippen LogP contribution in [0.2, 0.25) is 0 Å². The summed E-state index contributed by atoms with van der Waals surface area (Å²) in [5, 5.41) is 3.49. The molecule has 2 rings (SSSR count). The number of hydrogen-bond acceptors (Lipinski definition) is 3. The second kappa shape index (κ2) is 6.29. The van der Waals surface area contributed by atoms with E-state index in [0.29, 0.717) is 11.8 Å². The molecule has 0 spiro atoms. The normalized spacial score (nSPS) is 19.5. The van der Waals surface area contributed by atoms with Crippen molar-refractivity contribution in [1.82, 2.24) is 5.32 Å². The molecule has 1 heterocycles. The maximum absolute atomic E-state index is 5.66. The van der Waals surface area contributed by atoms with Gasteiger partial charge in [0.05, 0.1) is 14.2 Å². The van der Waals surface area contributed by atoms with Crippen molar-refractivity contribution < 1.29 is 9.47 Å². The molecule has 19 heavy (non-hydrogen) atoms. The van der Waals surface area contributed by atoms with Gasteiger partial charge >= 0.3 is 0 Å². The van der Waals surface area contributed by atoms with Crippen LogP contribution < -0.4 is 14.8 Å². The lowest BCUT2D eigenvalue weighted by molar-refractivity contribution is 0.343. The number of rotatable bonds is 4. The van der Waals surface area contributed by atoms with Gasteiger partial charge in [-0.2, -0.15) is 0 Å². The highest BCUT2D eigenvalue weighted by atomic mass is 16.5. The van der Waals surface area contributed by atoms with E-state index in [1.54, 1.807) is 14.2 Å². The van der Waals surface area contributed by atoms with Crippen LogP contribution >= 0.6 is 0 Å². The van der Waals surface area contributed by atoms with Gasteiger partial charge in [-0.1, -0.05) is 19.9 Å². The quantitative estimate of drug-likeness (QED) is 0.904. The monoisotopic (exact) mass is 263 g/mol. The molecule has 1 unspecified atom stereocenters. The van der Waals surface area contributed by atoms with Gasteiger partial charge in [0.15, 0.2) is 11.5 Å². The maximum Gasteiger partial charge on any atom is 0.164 e. The average molecular weight is 263 g/mol. The Labute approximate surface area is 116 Å². The Morgan fingerprint density at radius 1 is 1.21 bits per heavy atom. The highest BCUT2D eigenvalue weighted by molar-refractivity contribution is 5.53. The zero-order valence-corrected chi connectivity index (χ0v) is 12.5. The van der Waals surface area contributed by atoms with Crippen LogP contribution in [0.1, 0.15) is 49.7 Å². The fourth-order valence-electron chi connectivity index (χ4n) is 2.99. The van der Waals surface area contributed by atoms with Crippen LogP contribution in [0.3, 0.4) is 0 Å². The van der Waals surface area contributed by atoms with Crippen molar-refractivity contribution in [2.24, 2.45) is 0 Å². The molecule has 1 fully saturated rings. The number of benzene rings is 1. The largest absolute Gasteiger partial charge is 0.493 e. The lowest BCUT2D eigenvalue weighted by Crippen LogP contribution is -2.29. The standard InChI is InChI=1S/C16H25NO2/c1-11(2)13-7-8-14(18-3)16(19-4)15(13)12-6-5-9-17-10-12/h7-8,11-12,17H,5-6,9-10H2,1-4H3. The van der Waals surface area contributed by atoms with E-state index in [-0.39, 0.29) is 0 Å². The van der Waals surface area contributed by atoms with E-state index in [9.17, 15) is 0 Å². The molecule has 1 aliphatic heterocycles. The second-order valence-electron chi connectivity index (χ2n) is 5.50. The molecule has 1 aliphatic rings. The predicted molar refractivity (Wildman–Crippen MR) is 78.5 cm³/mol. The average Bonchev–Trinajstić information content (AvgIpc) is 2.46. The maximum atomic E-state index is 5.66. The summed E-state index contributed by atoms with van der Waals surface area (Å²) in [6.45, 7) is 6.63. The lowest BCUT2D eigenvalue weighted by Gasteiger charge is -2.28. The first-order valence-corrected chi connectivity index (χ1v) is 7.14. The molecule has 0 amide bonds. The van der Waals surface area contributed by atoms with Crippen LogP contribution in [-0.2, 0) is 0 Å². The zero-order chi connectivity index (χ0) is 13.8. The first-order valence-electron chi connectivity index (χ1n) is 7.14. The van der Waals surface area contributed by atoms with Crippen LogP contribution in [0.4, 0.5) is 0 Å². The van der Waals surface area contributed by atoms with Crippen LogP contribution in [0.15, 0.2) is 12.1 Å². The third-order valence-electron chi connectivity index (χ3n) is 3.94. The zero-order valence-electron chi connectivity index (χ0n) is 12.5. The summed E-state index contributed by atoms with van der Waals surface area (Å²) in [6, 6.07) is 4.21. The van der Waals surface area contributed by atoms with E-state index in [1.165, 1.54) is 24.0 Å². The van der Waals surface area contributed by atoms with Gasteiger partial charge < -0.3 is 14.8 Å². The number of nitrogens with one attached hydrogen (secondary N) is 1. The molecular formula is C16H25NO2. The van der Waals surface area contributed by atoms with Gasteiger partial charge in [-0.25, -0.2) is 0 Å². The van der Waals surface area contributed by atoms with Crippen molar-refractivity contribution in [2.75, 3.05) is 27.3 Å². The summed E-state index contributed by atoms with van der Waals surface area (Å²) in [7, 11) is 3.44. The lowest BCUT2D eigenvalue weighted by atomic mass is 9.84. The molecule has 0 radical (unpaired) electrons. The van der Waals surface area contributed by atoms with Crippen molar-refractivity contribution in [3.8, 4) is 11.5 Å². The summed E-state index contributed by atoms with van der Waals surface area (Å²) in [4.78, 5) is 0. The molecule has 1 aromatic rings. The Morgan fingerprint density at radius 3 is 2.53 bits per heavy atom. The van der Waals surface area contributed by atoms with Crippen LogP contribution in [0, 0.1) is 0 Å². The van der Waals surface area contributed by atoms with E-state index < -0.39 is 0 Å². The molecule has 1 N–H and O–H groups in total. The summed E-state index contributed by atoms with van der Waals surface area (Å²) in [5.41, 5.74) is 2.72. The summed E-state index contributed by atoms with van der Waals surface area (Å²) in [5.74, 6) is 2.78. The molecule has 3 heteroatoms. The Balaban J connectivity index is 2.51. The first kappa shape index (κ1) is 14.2. The number of methoxy groups -OCH3 is 2. The summed E-state index contributed by atoms with van der Waals surface area (Å²) in [6.07, 6.45) is 2.44. The van der Waals surface area contributed by atoms with E-state index >= 15 is 0 Å². The SMILES string of the molecule is COc1ccc(C(C)C)c(C2CCCNC2)c1OC. The van der Waals surface area contributed by atoms with Gasteiger partial charge in [-0.05, 0) is 36.9 Å². The fourth-order valence-corrected chi connectivity index (χ4v) is 2.99. The molecule has 1 saturated heterocycles. The third-order valence-corrected chi connectivity index (χ3v) is 3.94. The molecular weight excluding hydrogens is 238 g/mol. The predicted octanol–water partition coefficient (Wildman–Crippen LogP) is 3.29. The van der Waals surface area contributed by atoms with Crippen molar-refractivity contribution in [2.45, 2.75) is 38.5 Å². The fraction of sp³-hybridized carbons (Fsp3) is 0.625. The van der Waals surface area contributed by atoms with Crippen LogP contribution in [0.5, 0.6) is 11.5 Å². The van der Waals surface area contributed by atoms with E-state index in [2.05, 4.69) is 25.2 Å². The van der Waals surface area contributed by atoms with Crippen molar-refractivity contribution >= 4 is 0 Å². The van der Waals surface area contributed by atoms with E-state index in [0.717, 1.165) is 24.6 Å². The van der Waals surface area contributed by atoms with Crippen LogP contribution in [-0.4, -0.2) is 27.3 Å². The second-order valence-corrected chi connectivity index (χ2v) is 5.50. The van der Waals surface area contributed by atoms with Gasteiger partial charge in [-0.15, -0.1) is 0 Å². The van der Waals surface area contributed by atoms with E-state index in [1.807, 2.05) is 6.07 Å². The van der Waals surface area contributed by atoms with Gasteiger partial charge in [-0.3, -0.25) is 0 Å². The molecule has 1 aromatic carbocycles. The first-order chi connectivity index (χ1) is 9.19. The molecule has 106 valence electrons. The smallest absolute Gasteiger partial charge is 0.164 e. The molecule has 3 nitrogen and oxygen atoms in total. The minimum Gasteiger partial charge on any atom is -0.493 e. The summed E-state index contributed by atoms with van der Waals surface area (Å²) >= 11 is 0. The Kier molecular flexibility index (Phi) is 4.70. The van der Waals surface area contributed by atoms with Crippen molar-refractivity contribution in [3.05, 3.63) is 23.3 Å². The number of ether oxygens (including phenoxy) is 2. The summed E-state index contributed by atoms with van der Waals surface area (Å²) < 4.78 is 11.1. The van der Waals surface area contributed by atoms with Crippen molar-refractivity contribution in [3.63, 3.8) is 0 Å². The molecule has 1 atom stereocenters. The van der Waals surface area contributed by atoms with Gasteiger partial charge in [0.2, 0.25) is 0 Å². The van der Waals surface area contributed by atoms with Crippen LogP contribution in [0.25, 0.3) is 0 Å². The van der Waals surface area contributed by atoms with E-state index in [4.69, 9.17) is 9.47 Å². The number of hydrogen-bond donors (Lipinski definition) is 1. The van der Waals surface area contributed by atoms with Crippen molar-refractivity contribution in [1.29, 1.82) is 0 Å². The molecule has 0 saturated carbocycles. The minimum atomic E-state index is 0.497. The molecule has 0 aromatic heterocycles. The molecule has 0 bridgehead atoms. The highest BCUT2D eigenvalue weighted by Crippen LogP contribution is 2.42. The minimum absolute atomic E-state index is 0.497. The third kappa shape index (κ3) is 2.86.